The zero-order valence-electron chi connectivity index (χ0n) is 33.6. The Morgan fingerprint density at radius 2 is 1.09 bits per heavy atom. The second-order valence-corrected chi connectivity index (χ2v) is 15.5. The molecule has 58 heavy (non-hydrogen) atoms. The second kappa shape index (κ2) is 17.0. The number of carbonyl (C=O) groups excluding carboxylic acids is 4. The van der Waals surface area contributed by atoms with Crippen LogP contribution in [0.4, 0.5) is 9.59 Å². The predicted octanol–water partition coefficient (Wildman–Crippen LogP) is 6.17. The van der Waals surface area contributed by atoms with Crippen LogP contribution in [0.15, 0.2) is 61.2 Å². The average molecular weight is 791 g/mol. The number of ether oxygens (including phenoxy) is 2. The highest BCUT2D eigenvalue weighted by molar-refractivity contribution is 5.90. The fourth-order valence-corrected chi connectivity index (χ4v) is 7.86. The molecule has 7 rings (SSSR count). The maximum atomic E-state index is 13.6. The molecule has 5 heterocycles. The first-order chi connectivity index (χ1) is 27.9. The van der Waals surface area contributed by atoms with E-state index in [1.807, 2.05) is 45.9 Å². The van der Waals surface area contributed by atoms with E-state index in [1.54, 1.807) is 34.6 Å². The van der Waals surface area contributed by atoms with Gasteiger partial charge in [0.05, 0.1) is 50.1 Å². The van der Waals surface area contributed by atoms with E-state index >= 15 is 0 Å². The lowest BCUT2D eigenvalue weighted by molar-refractivity contribution is -0.136. The number of H-pyrrole nitrogens is 2. The molecule has 16 heteroatoms. The Labute approximate surface area is 336 Å². The molecule has 0 radical (unpaired) electrons. The standard InChI is InChI=1S/C42H50N10O6/c1-23(2)34(49-41(55)57-5)39(53)51-15-7-9-32(51)37-45-21-30(47-37)27-13-11-26-18-28(14-12-25(26)17-27)36-43-19-29(20-44-36)31-22-46-38(48-31)33-10-8-16-52(33)40(54)35(24(3)4)50-42(56)58-6/h11-14,17-24,32-35H,7-10,15-16H2,1-6H3,(H,45,47)(H,46,48)(H,49,55)(H,50,56)/t32-,33?,34-,35-/m0/s1. The Bertz CT molecular complexity index is 2290. The molecule has 4 amide bonds. The number of nitrogens with zero attached hydrogens (tertiary/aromatic N) is 6. The number of carbonyl (C=O) groups is 4. The smallest absolute Gasteiger partial charge is 0.407 e. The van der Waals surface area contributed by atoms with Crippen molar-refractivity contribution in [1.82, 2.24) is 50.3 Å². The zero-order valence-corrected chi connectivity index (χ0v) is 33.6. The molecule has 2 fully saturated rings. The number of hydrogen-bond acceptors (Lipinski definition) is 10. The van der Waals surface area contributed by atoms with Crippen LogP contribution in [0.25, 0.3) is 44.7 Å². The highest BCUT2D eigenvalue weighted by atomic mass is 16.5. The molecule has 4 atom stereocenters. The van der Waals surface area contributed by atoms with Crippen molar-refractivity contribution in [2.75, 3.05) is 27.3 Å². The molecular weight excluding hydrogens is 741 g/mol. The van der Waals surface area contributed by atoms with Gasteiger partial charge in [-0.05, 0) is 60.4 Å². The van der Waals surface area contributed by atoms with Crippen molar-refractivity contribution in [3.8, 4) is 33.9 Å². The highest BCUT2D eigenvalue weighted by Crippen LogP contribution is 2.35. The van der Waals surface area contributed by atoms with Gasteiger partial charge in [0.1, 0.15) is 23.7 Å². The molecule has 0 saturated carbocycles. The SMILES string of the molecule is COC(=O)N[C@H](C(=O)N1CCCC1c1ncc(-c2cnc(-c3ccc4cc(-c5cnc([C@@H]6CCCN6C(=O)[C@@H](NC(=O)OC)C(C)C)[nH]5)ccc4c3)nc2)[nH]1)C(C)C. The third-order valence-electron chi connectivity index (χ3n) is 11.0. The largest absolute Gasteiger partial charge is 0.453 e. The summed E-state index contributed by atoms with van der Waals surface area (Å²) >= 11 is 0. The topological polar surface area (TPSA) is 200 Å². The van der Waals surface area contributed by atoms with Crippen molar-refractivity contribution in [3.63, 3.8) is 0 Å². The third-order valence-corrected chi connectivity index (χ3v) is 11.0. The summed E-state index contributed by atoms with van der Waals surface area (Å²) in [6.07, 6.45) is 8.96. The van der Waals surface area contributed by atoms with Crippen molar-refractivity contribution in [3.05, 3.63) is 72.8 Å². The van der Waals surface area contributed by atoms with Crippen LogP contribution >= 0.6 is 0 Å². The molecule has 0 spiro atoms. The summed E-state index contributed by atoms with van der Waals surface area (Å²) in [5.74, 6) is 1.42. The van der Waals surface area contributed by atoms with Gasteiger partial charge in [0, 0.05) is 42.2 Å². The van der Waals surface area contributed by atoms with Gasteiger partial charge in [0.2, 0.25) is 11.8 Å². The summed E-state index contributed by atoms with van der Waals surface area (Å²) in [7, 11) is 2.57. The zero-order chi connectivity index (χ0) is 41.1. The van der Waals surface area contributed by atoms with Crippen LogP contribution in [0.5, 0.6) is 0 Å². The molecule has 4 N–H and O–H groups in total. The first-order valence-electron chi connectivity index (χ1n) is 19.7. The number of hydrogen-bond donors (Lipinski definition) is 4. The fourth-order valence-electron chi connectivity index (χ4n) is 7.86. The molecule has 304 valence electrons. The minimum absolute atomic E-state index is 0.113. The van der Waals surface area contributed by atoms with Crippen molar-refractivity contribution in [1.29, 1.82) is 0 Å². The third kappa shape index (κ3) is 8.22. The Balaban J connectivity index is 1.02. The van der Waals surface area contributed by atoms with Crippen LogP contribution in [0, 0.1) is 11.8 Å². The minimum atomic E-state index is -0.707. The fraction of sp³-hybridized carbons (Fsp3) is 0.429. The Hall–Kier alpha value is -6.32. The van der Waals surface area contributed by atoms with E-state index in [2.05, 4.69) is 58.7 Å². The summed E-state index contributed by atoms with van der Waals surface area (Å²) in [5, 5.41) is 7.43. The number of alkyl carbamates (subject to hydrolysis) is 2. The molecule has 2 saturated heterocycles. The Morgan fingerprint density at radius 3 is 1.55 bits per heavy atom. The van der Waals surface area contributed by atoms with Gasteiger partial charge in [-0.3, -0.25) is 9.59 Å². The molecule has 16 nitrogen and oxygen atoms in total. The number of likely N-dealkylation sites (tertiary alicyclic amines) is 2. The lowest BCUT2D eigenvalue weighted by Crippen LogP contribution is -2.51. The maximum Gasteiger partial charge on any atom is 0.407 e. The molecule has 1 unspecified atom stereocenters. The summed E-state index contributed by atoms with van der Waals surface area (Å²) in [4.78, 5) is 80.1. The van der Waals surface area contributed by atoms with Crippen LogP contribution in [0.3, 0.4) is 0 Å². The molecular formula is C42H50N10O6. The van der Waals surface area contributed by atoms with Crippen LogP contribution in [-0.2, 0) is 19.1 Å². The lowest BCUT2D eigenvalue weighted by Gasteiger charge is -2.30. The first-order valence-corrected chi connectivity index (χ1v) is 19.7. The number of benzene rings is 2. The molecule has 3 aromatic heterocycles. The van der Waals surface area contributed by atoms with Crippen LogP contribution in [-0.4, -0.2) is 103 Å². The van der Waals surface area contributed by atoms with Gasteiger partial charge in [-0.1, -0.05) is 52.0 Å². The van der Waals surface area contributed by atoms with Crippen LogP contribution in [0.1, 0.15) is 77.1 Å². The summed E-state index contributed by atoms with van der Waals surface area (Å²) < 4.78 is 9.51. The molecule has 0 bridgehead atoms. The highest BCUT2D eigenvalue weighted by Gasteiger charge is 2.39. The lowest BCUT2D eigenvalue weighted by atomic mass is 10.0. The second-order valence-electron chi connectivity index (χ2n) is 15.5. The molecule has 2 aromatic carbocycles. The van der Waals surface area contributed by atoms with Gasteiger partial charge in [-0.25, -0.2) is 29.5 Å². The molecule has 0 aliphatic carbocycles. The summed E-state index contributed by atoms with van der Waals surface area (Å²) in [5.41, 5.74) is 4.18. The number of aromatic amines is 2. The Kier molecular flexibility index (Phi) is 11.7. The number of aromatic nitrogens is 6. The maximum absolute atomic E-state index is 13.6. The van der Waals surface area contributed by atoms with Gasteiger partial charge in [0.25, 0.3) is 0 Å². The minimum Gasteiger partial charge on any atom is -0.453 e. The molecule has 5 aromatic rings. The van der Waals surface area contributed by atoms with Crippen molar-refractivity contribution in [2.45, 2.75) is 77.5 Å². The summed E-state index contributed by atoms with van der Waals surface area (Å²) in [6, 6.07) is 10.4. The number of rotatable bonds is 11. The van der Waals surface area contributed by atoms with Gasteiger partial charge in [-0.15, -0.1) is 0 Å². The van der Waals surface area contributed by atoms with Crippen molar-refractivity contribution in [2.24, 2.45) is 11.8 Å². The predicted molar refractivity (Wildman–Crippen MR) is 216 cm³/mol. The van der Waals surface area contributed by atoms with Gasteiger partial charge in [-0.2, -0.15) is 0 Å². The first kappa shape index (κ1) is 39.9. The van der Waals surface area contributed by atoms with Gasteiger partial charge in [0.15, 0.2) is 5.82 Å². The van der Waals surface area contributed by atoms with E-state index in [0.29, 0.717) is 30.6 Å². The van der Waals surface area contributed by atoms with Gasteiger partial charge >= 0.3 is 12.2 Å². The number of methoxy groups -OCH3 is 2. The van der Waals surface area contributed by atoms with E-state index in [1.165, 1.54) is 14.2 Å². The van der Waals surface area contributed by atoms with Gasteiger partial charge < -0.3 is 39.9 Å². The normalized spacial score (nSPS) is 17.8. The Morgan fingerprint density at radius 1 is 0.638 bits per heavy atom. The molecule has 2 aliphatic heterocycles. The van der Waals surface area contributed by atoms with Crippen molar-refractivity contribution >= 4 is 34.8 Å². The van der Waals surface area contributed by atoms with E-state index < -0.39 is 24.3 Å². The van der Waals surface area contributed by atoms with Crippen LogP contribution in [0.2, 0.25) is 0 Å². The van der Waals surface area contributed by atoms with Crippen LogP contribution < -0.4 is 10.6 Å². The number of fused-ring (bicyclic) bond motifs is 1. The van der Waals surface area contributed by atoms with E-state index in [0.717, 1.165) is 64.5 Å². The summed E-state index contributed by atoms with van der Waals surface area (Å²) in [6.45, 7) is 8.73. The number of amides is 4. The van der Waals surface area contributed by atoms with E-state index in [4.69, 9.17) is 9.47 Å². The monoisotopic (exact) mass is 790 g/mol. The number of nitrogens with one attached hydrogen (secondary N) is 4. The quantitative estimate of drug-likeness (QED) is 0.120. The van der Waals surface area contributed by atoms with Crippen molar-refractivity contribution < 1.29 is 28.7 Å². The number of imidazole rings is 2. The van der Waals surface area contributed by atoms with E-state index in [9.17, 15) is 19.2 Å². The molecule has 2 aliphatic rings. The average Bonchev–Trinajstić information content (AvgIpc) is 4.07. The van der Waals surface area contributed by atoms with E-state index in [-0.39, 0.29) is 35.7 Å².